The zero-order valence-electron chi connectivity index (χ0n) is 18.3. The first-order chi connectivity index (χ1) is 14.7. The zero-order valence-corrected chi connectivity index (χ0v) is 18.3. The Labute approximate surface area is 181 Å². The number of carbonyl (C=O) groups excluding carboxylic acids is 1. The van der Waals surface area contributed by atoms with E-state index < -0.39 is 0 Å². The van der Waals surface area contributed by atoms with Crippen molar-refractivity contribution in [3.8, 4) is 0 Å². The van der Waals surface area contributed by atoms with Crippen molar-refractivity contribution < 1.29 is 4.79 Å². The van der Waals surface area contributed by atoms with Crippen molar-refractivity contribution in [2.75, 3.05) is 44.2 Å². The van der Waals surface area contributed by atoms with E-state index in [2.05, 4.69) is 70.6 Å². The predicted octanol–water partition coefficient (Wildman–Crippen LogP) is 4.13. The van der Waals surface area contributed by atoms with Gasteiger partial charge in [0.05, 0.1) is 0 Å². The van der Waals surface area contributed by atoms with Crippen LogP contribution in [-0.2, 0) is 11.2 Å². The van der Waals surface area contributed by atoms with Crippen LogP contribution in [0.3, 0.4) is 0 Å². The molecule has 2 aliphatic rings. The van der Waals surface area contributed by atoms with E-state index in [1.807, 2.05) is 0 Å². The lowest BCUT2D eigenvalue weighted by atomic mass is 9.89. The number of piperidine rings is 1. The summed E-state index contributed by atoms with van der Waals surface area (Å²) in [5.41, 5.74) is 5.38. The highest BCUT2D eigenvalue weighted by molar-refractivity contribution is 5.76. The van der Waals surface area contributed by atoms with Crippen molar-refractivity contribution in [3.63, 3.8) is 0 Å². The number of benzene rings is 2. The average molecular weight is 406 g/mol. The molecule has 2 saturated heterocycles. The Bertz CT molecular complexity index is 801. The molecule has 4 heteroatoms. The van der Waals surface area contributed by atoms with Gasteiger partial charge in [0.15, 0.2) is 0 Å². The number of hydrogen-bond acceptors (Lipinski definition) is 3. The van der Waals surface area contributed by atoms with Gasteiger partial charge in [-0.1, -0.05) is 42.0 Å². The topological polar surface area (TPSA) is 35.6 Å². The van der Waals surface area contributed by atoms with Crippen LogP contribution < -0.4 is 10.2 Å². The number of nitrogens with one attached hydrogen (secondary N) is 1. The standard InChI is InChI=1S/C26H35N3O/c1-21-5-9-23(10-6-21)24-13-17-29(18-14-24)26(30)4-2-3-22-7-11-25(12-8-22)28-19-15-27-16-20-28/h5-12,24,27H,2-4,13-20H2,1H3. The summed E-state index contributed by atoms with van der Waals surface area (Å²) in [5.74, 6) is 0.929. The number of amides is 1. The molecule has 0 bridgehead atoms. The summed E-state index contributed by atoms with van der Waals surface area (Å²) in [4.78, 5) is 17.2. The molecule has 0 aliphatic carbocycles. The van der Waals surface area contributed by atoms with E-state index in [-0.39, 0.29) is 0 Å². The van der Waals surface area contributed by atoms with Gasteiger partial charge in [-0.2, -0.15) is 0 Å². The second-order valence-corrected chi connectivity index (χ2v) is 8.82. The molecule has 1 amide bonds. The molecule has 0 saturated carbocycles. The van der Waals surface area contributed by atoms with Crippen LogP contribution in [-0.4, -0.2) is 50.1 Å². The fraction of sp³-hybridized carbons (Fsp3) is 0.500. The van der Waals surface area contributed by atoms with Crippen molar-refractivity contribution in [2.24, 2.45) is 0 Å². The number of rotatable bonds is 6. The molecule has 0 aromatic heterocycles. The highest BCUT2D eigenvalue weighted by Gasteiger charge is 2.23. The van der Waals surface area contributed by atoms with Gasteiger partial charge in [0, 0.05) is 51.4 Å². The third-order valence-electron chi connectivity index (χ3n) is 6.67. The number of nitrogens with zero attached hydrogens (tertiary/aromatic N) is 2. The Balaban J connectivity index is 1.18. The SMILES string of the molecule is Cc1ccc(C2CCN(C(=O)CCCc3ccc(N4CCNCC4)cc3)CC2)cc1. The maximum absolute atomic E-state index is 12.7. The first-order valence-corrected chi connectivity index (χ1v) is 11.6. The molecule has 2 aromatic carbocycles. The van der Waals surface area contributed by atoms with E-state index in [9.17, 15) is 4.79 Å². The van der Waals surface area contributed by atoms with Crippen LogP contribution in [0.1, 0.15) is 48.3 Å². The van der Waals surface area contributed by atoms with Gasteiger partial charge in [-0.05, 0) is 61.8 Å². The number of likely N-dealkylation sites (tertiary alicyclic amines) is 1. The Morgan fingerprint density at radius 3 is 2.27 bits per heavy atom. The van der Waals surface area contributed by atoms with Crippen LogP contribution in [0.5, 0.6) is 0 Å². The Kier molecular flexibility index (Phi) is 7.06. The monoisotopic (exact) mass is 405 g/mol. The number of anilines is 1. The maximum Gasteiger partial charge on any atom is 0.222 e. The summed E-state index contributed by atoms with van der Waals surface area (Å²) in [6.07, 6.45) is 4.75. The van der Waals surface area contributed by atoms with Gasteiger partial charge >= 0.3 is 0 Å². The third kappa shape index (κ3) is 5.42. The molecule has 2 aliphatic heterocycles. The van der Waals surface area contributed by atoms with E-state index in [1.165, 1.54) is 22.4 Å². The van der Waals surface area contributed by atoms with Crippen LogP contribution in [0.2, 0.25) is 0 Å². The van der Waals surface area contributed by atoms with E-state index >= 15 is 0 Å². The second-order valence-electron chi connectivity index (χ2n) is 8.82. The molecule has 2 aromatic rings. The van der Waals surface area contributed by atoms with E-state index in [0.29, 0.717) is 18.2 Å². The van der Waals surface area contributed by atoms with Crippen LogP contribution >= 0.6 is 0 Å². The minimum Gasteiger partial charge on any atom is -0.369 e. The Morgan fingerprint density at radius 1 is 0.933 bits per heavy atom. The minimum atomic E-state index is 0.329. The van der Waals surface area contributed by atoms with Gasteiger partial charge in [0.25, 0.3) is 0 Å². The Morgan fingerprint density at radius 2 is 1.60 bits per heavy atom. The van der Waals surface area contributed by atoms with E-state index in [4.69, 9.17) is 0 Å². The molecular formula is C26H35N3O. The molecule has 2 heterocycles. The van der Waals surface area contributed by atoms with Crippen molar-refractivity contribution in [2.45, 2.75) is 44.9 Å². The molecule has 160 valence electrons. The van der Waals surface area contributed by atoms with Crippen molar-refractivity contribution in [1.82, 2.24) is 10.2 Å². The third-order valence-corrected chi connectivity index (χ3v) is 6.67. The van der Waals surface area contributed by atoms with E-state index in [1.54, 1.807) is 0 Å². The van der Waals surface area contributed by atoms with Gasteiger partial charge in [-0.25, -0.2) is 0 Å². The normalized spacial score (nSPS) is 17.9. The number of carbonyl (C=O) groups is 1. The molecule has 0 radical (unpaired) electrons. The molecular weight excluding hydrogens is 370 g/mol. The second kappa shape index (κ2) is 10.1. The summed E-state index contributed by atoms with van der Waals surface area (Å²) >= 11 is 0. The lowest BCUT2D eigenvalue weighted by Crippen LogP contribution is -2.43. The molecule has 1 N–H and O–H groups in total. The highest BCUT2D eigenvalue weighted by Crippen LogP contribution is 2.28. The van der Waals surface area contributed by atoms with Crippen molar-refractivity contribution in [1.29, 1.82) is 0 Å². The van der Waals surface area contributed by atoms with Crippen LogP contribution in [0.4, 0.5) is 5.69 Å². The molecule has 0 spiro atoms. The maximum atomic E-state index is 12.7. The molecule has 0 atom stereocenters. The van der Waals surface area contributed by atoms with Gasteiger partial charge in [-0.3, -0.25) is 4.79 Å². The summed E-state index contributed by atoms with van der Waals surface area (Å²) in [6, 6.07) is 17.8. The summed E-state index contributed by atoms with van der Waals surface area (Å²) < 4.78 is 0. The van der Waals surface area contributed by atoms with Gasteiger partial charge in [0.1, 0.15) is 0 Å². The zero-order chi connectivity index (χ0) is 20.8. The van der Waals surface area contributed by atoms with Crippen molar-refractivity contribution >= 4 is 11.6 Å². The van der Waals surface area contributed by atoms with Gasteiger partial charge in [0.2, 0.25) is 5.91 Å². The fourth-order valence-electron chi connectivity index (χ4n) is 4.70. The minimum absolute atomic E-state index is 0.329. The average Bonchev–Trinajstić information content (AvgIpc) is 2.81. The number of hydrogen-bond donors (Lipinski definition) is 1. The summed E-state index contributed by atoms with van der Waals surface area (Å²) in [7, 11) is 0. The van der Waals surface area contributed by atoms with Crippen LogP contribution in [0, 0.1) is 6.92 Å². The highest BCUT2D eigenvalue weighted by atomic mass is 16.2. The molecule has 30 heavy (non-hydrogen) atoms. The Hall–Kier alpha value is -2.33. The lowest BCUT2D eigenvalue weighted by Gasteiger charge is -2.32. The summed E-state index contributed by atoms with van der Waals surface area (Å²) in [5, 5.41) is 3.40. The molecule has 4 nitrogen and oxygen atoms in total. The number of piperazine rings is 1. The number of aryl methyl sites for hydroxylation is 2. The van der Waals surface area contributed by atoms with Gasteiger partial charge < -0.3 is 15.1 Å². The molecule has 2 fully saturated rings. The first kappa shape index (κ1) is 20.9. The largest absolute Gasteiger partial charge is 0.369 e. The molecule has 0 unspecified atom stereocenters. The van der Waals surface area contributed by atoms with E-state index in [0.717, 1.165) is 65.0 Å². The van der Waals surface area contributed by atoms with Crippen molar-refractivity contribution in [3.05, 3.63) is 65.2 Å². The summed E-state index contributed by atoms with van der Waals surface area (Å²) in [6.45, 7) is 8.21. The fourth-order valence-corrected chi connectivity index (χ4v) is 4.70. The first-order valence-electron chi connectivity index (χ1n) is 11.6. The van der Waals surface area contributed by atoms with Crippen LogP contribution in [0.25, 0.3) is 0 Å². The van der Waals surface area contributed by atoms with Gasteiger partial charge in [-0.15, -0.1) is 0 Å². The smallest absolute Gasteiger partial charge is 0.222 e. The lowest BCUT2D eigenvalue weighted by molar-refractivity contribution is -0.132. The van der Waals surface area contributed by atoms with Crippen LogP contribution in [0.15, 0.2) is 48.5 Å². The molecule has 4 rings (SSSR count). The quantitative estimate of drug-likeness (QED) is 0.785. The predicted molar refractivity (Wildman–Crippen MR) is 124 cm³/mol.